The number of hydrogen-bond acceptors (Lipinski definition) is 5. The van der Waals surface area contributed by atoms with Crippen LogP contribution in [0.15, 0.2) is 24.3 Å². The maximum Gasteiger partial charge on any atom is 0.278 e. The van der Waals surface area contributed by atoms with E-state index in [1.54, 1.807) is 0 Å². The molecular formula is C16H21N3O2. The molecule has 5 heteroatoms. The van der Waals surface area contributed by atoms with Gasteiger partial charge in [0.05, 0.1) is 17.6 Å². The first-order chi connectivity index (χ1) is 10.4. The zero-order valence-corrected chi connectivity index (χ0v) is 12.3. The van der Waals surface area contributed by atoms with Gasteiger partial charge in [-0.2, -0.15) is 0 Å². The number of hydrogen-bond donors (Lipinski definition) is 1. The third kappa shape index (κ3) is 3.42. The highest BCUT2D eigenvalue weighted by atomic mass is 16.5. The third-order valence-electron chi connectivity index (χ3n) is 3.62. The second kappa shape index (κ2) is 6.72. The molecule has 5 nitrogen and oxygen atoms in total. The van der Waals surface area contributed by atoms with Crippen molar-refractivity contribution in [1.82, 2.24) is 15.3 Å². The first kappa shape index (κ1) is 14.1. The minimum atomic E-state index is 0.390. The number of fused-ring (bicyclic) bond motifs is 1. The lowest BCUT2D eigenvalue weighted by molar-refractivity contribution is 0.215. The maximum absolute atomic E-state index is 5.88. The molecule has 1 fully saturated rings. The molecule has 3 rings (SSSR count). The summed E-state index contributed by atoms with van der Waals surface area (Å²) in [7, 11) is 0. The molecule has 1 aliphatic heterocycles. The SMILES string of the molecule is CCOc1nc2ccccc2nc1OC[C@@H]1CCCCN1. The normalized spacial score (nSPS) is 18.6. The molecule has 1 aromatic heterocycles. The van der Waals surface area contributed by atoms with Crippen LogP contribution in [0.2, 0.25) is 0 Å². The van der Waals surface area contributed by atoms with Gasteiger partial charge in [0.1, 0.15) is 6.61 Å². The van der Waals surface area contributed by atoms with E-state index in [-0.39, 0.29) is 0 Å². The van der Waals surface area contributed by atoms with E-state index in [9.17, 15) is 0 Å². The minimum absolute atomic E-state index is 0.390. The van der Waals surface area contributed by atoms with Crippen molar-refractivity contribution in [3.05, 3.63) is 24.3 Å². The van der Waals surface area contributed by atoms with E-state index in [1.807, 2.05) is 31.2 Å². The summed E-state index contributed by atoms with van der Waals surface area (Å²) in [5.74, 6) is 0.968. The van der Waals surface area contributed by atoms with Gasteiger partial charge in [-0.25, -0.2) is 9.97 Å². The number of para-hydroxylation sites is 2. The molecule has 1 saturated heterocycles. The highest BCUT2D eigenvalue weighted by molar-refractivity contribution is 5.75. The monoisotopic (exact) mass is 287 g/mol. The van der Waals surface area contributed by atoms with Crippen LogP contribution in [0.25, 0.3) is 11.0 Å². The second-order valence-electron chi connectivity index (χ2n) is 5.21. The molecule has 2 heterocycles. The number of benzene rings is 1. The van der Waals surface area contributed by atoms with Gasteiger partial charge < -0.3 is 14.8 Å². The van der Waals surface area contributed by atoms with Crippen LogP contribution in [0, 0.1) is 0 Å². The average molecular weight is 287 g/mol. The van der Waals surface area contributed by atoms with Crippen molar-refractivity contribution in [2.75, 3.05) is 19.8 Å². The molecule has 1 atom stereocenters. The quantitative estimate of drug-likeness (QED) is 0.916. The lowest BCUT2D eigenvalue weighted by Crippen LogP contribution is -2.38. The average Bonchev–Trinajstić information content (AvgIpc) is 2.54. The Hall–Kier alpha value is -1.88. The van der Waals surface area contributed by atoms with E-state index in [0.29, 0.717) is 31.0 Å². The van der Waals surface area contributed by atoms with E-state index in [4.69, 9.17) is 9.47 Å². The van der Waals surface area contributed by atoms with Gasteiger partial charge in [-0.1, -0.05) is 18.6 Å². The summed E-state index contributed by atoms with van der Waals surface area (Å²) in [6, 6.07) is 8.14. The molecule has 1 N–H and O–H groups in total. The van der Waals surface area contributed by atoms with Crippen molar-refractivity contribution in [2.45, 2.75) is 32.2 Å². The Morgan fingerprint density at radius 2 is 1.81 bits per heavy atom. The maximum atomic E-state index is 5.88. The van der Waals surface area contributed by atoms with E-state index in [0.717, 1.165) is 24.0 Å². The van der Waals surface area contributed by atoms with Crippen LogP contribution in [-0.2, 0) is 0 Å². The summed E-state index contributed by atoms with van der Waals surface area (Å²) in [4.78, 5) is 9.04. The Balaban J connectivity index is 1.79. The zero-order chi connectivity index (χ0) is 14.5. The third-order valence-corrected chi connectivity index (χ3v) is 3.62. The smallest absolute Gasteiger partial charge is 0.278 e. The number of rotatable bonds is 5. The Bertz CT molecular complexity index is 597. The molecule has 0 amide bonds. The molecule has 1 aromatic carbocycles. The fourth-order valence-corrected chi connectivity index (χ4v) is 2.54. The summed E-state index contributed by atoms with van der Waals surface area (Å²) in [6.07, 6.45) is 3.64. The highest BCUT2D eigenvalue weighted by Crippen LogP contribution is 2.26. The van der Waals surface area contributed by atoms with Crippen LogP contribution in [-0.4, -0.2) is 35.8 Å². The molecule has 2 aromatic rings. The topological polar surface area (TPSA) is 56.3 Å². The summed E-state index contributed by atoms with van der Waals surface area (Å²) in [5, 5.41) is 3.46. The fourth-order valence-electron chi connectivity index (χ4n) is 2.54. The molecule has 0 unspecified atom stereocenters. The lowest BCUT2D eigenvalue weighted by Gasteiger charge is -2.23. The molecule has 0 aliphatic carbocycles. The van der Waals surface area contributed by atoms with Gasteiger partial charge in [-0.05, 0) is 38.4 Å². The number of nitrogens with zero attached hydrogens (tertiary/aromatic N) is 2. The molecule has 0 radical (unpaired) electrons. The van der Waals surface area contributed by atoms with Gasteiger partial charge in [-0.3, -0.25) is 0 Å². The lowest BCUT2D eigenvalue weighted by atomic mass is 10.1. The Kier molecular flexibility index (Phi) is 4.50. The summed E-state index contributed by atoms with van der Waals surface area (Å²) < 4.78 is 11.4. The summed E-state index contributed by atoms with van der Waals surface area (Å²) >= 11 is 0. The molecule has 0 spiro atoms. The number of nitrogens with one attached hydrogen (secondary N) is 1. The second-order valence-corrected chi connectivity index (χ2v) is 5.21. The molecular weight excluding hydrogens is 266 g/mol. The van der Waals surface area contributed by atoms with Crippen molar-refractivity contribution in [1.29, 1.82) is 0 Å². The standard InChI is InChI=1S/C16H21N3O2/c1-2-20-15-16(21-11-12-7-5-6-10-17-12)19-14-9-4-3-8-13(14)18-15/h3-4,8-9,12,17H,2,5-7,10-11H2,1H3/t12-/m0/s1. The van der Waals surface area contributed by atoms with Gasteiger partial charge >= 0.3 is 0 Å². The van der Waals surface area contributed by atoms with Crippen LogP contribution in [0.3, 0.4) is 0 Å². The molecule has 0 saturated carbocycles. The van der Waals surface area contributed by atoms with Crippen LogP contribution in [0.4, 0.5) is 0 Å². The van der Waals surface area contributed by atoms with Gasteiger partial charge in [-0.15, -0.1) is 0 Å². The molecule has 1 aliphatic rings. The van der Waals surface area contributed by atoms with Gasteiger partial charge in [0.15, 0.2) is 0 Å². The highest BCUT2D eigenvalue weighted by Gasteiger charge is 2.16. The van der Waals surface area contributed by atoms with E-state index in [1.165, 1.54) is 12.8 Å². The van der Waals surface area contributed by atoms with Crippen molar-refractivity contribution >= 4 is 11.0 Å². The van der Waals surface area contributed by atoms with Crippen LogP contribution < -0.4 is 14.8 Å². The van der Waals surface area contributed by atoms with Crippen molar-refractivity contribution in [3.63, 3.8) is 0 Å². The van der Waals surface area contributed by atoms with E-state index >= 15 is 0 Å². The van der Waals surface area contributed by atoms with Crippen LogP contribution in [0.5, 0.6) is 11.8 Å². The van der Waals surface area contributed by atoms with Crippen molar-refractivity contribution in [3.8, 4) is 11.8 Å². The predicted octanol–water partition coefficient (Wildman–Crippen LogP) is 2.55. The molecule has 112 valence electrons. The van der Waals surface area contributed by atoms with E-state index in [2.05, 4.69) is 15.3 Å². The molecule has 21 heavy (non-hydrogen) atoms. The van der Waals surface area contributed by atoms with Gasteiger partial charge in [0.2, 0.25) is 0 Å². The Morgan fingerprint density at radius 3 is 2.43 bits per heavy atom. The summed E-state index contributed by atoms with van der Waals surface area (Å²) in [6.45, 7) is 4.15. The van der Waals surface area contributed by atoms with Crippen LogP contribution in [0.1, 0.15) is 26.2 Å². The van der Waals surface area contributed by atoms with Crippen molar-refractivity contribution < 1.29 is 9.47 Å². The largest absolute Gasteiger partial charge is 0.474 e. The number of aromatic nitrogens is 2. The first-order valence-electron chi connectivity index (χ1n) is 7.62. The predicted molar refractivity (Wildman–Crippen MR) is 81.8 cm³/mol. The van der Waals surface area contributed by atoms with E-state index < -0.39 is 0 Å². The fraction of sp³-hybridized carbons (Fsp3) is 0.500. The Labute approximate surface area is 124 Å². The molecule has 0 bridgehead atoms. The van der Waals surface area contributed by atoms with Crippen LogP contribution >= 0.6 is 0 Å². The number of piperidine rings is 1. The van der Waals surface area contributed by atoms with Gasteiger partial charge in [0.25, 0.3) is 11.8 Å². The van der Waals surface area contributed by atoms with Crippen molar-refractivity contribution in [2.24, 2.45) is 0 Å². The number of ether oxygens (including phenoxy) is 2. The first-order valence-corrected chi connectivity index (χ1v) is 7.62. The summed E-state index contributed by atoms with van der Waals surface area (Å²) in [5.41, 5.74) is 1.65. The zero-order valence-electron chi connectivity index (χ0n) is 12.3. The minimum Gasteiger partial charge on any atom is -0.474 e. The Morgan fingerprint density at radius 1 is 1.10 bits per heavy atom. The van der Waals surface area contributed by atoms with Gasteiger partial charge in [0, 0.05) is 6.04 Å².